The van der Waals surface area contributed by atoms with Crippen molar-refractivity contribution in [3.63, 3.8) is 0 Å². The number of nitrogens with zero attached hydrogens (tertiary/aromatic N) is 2. The monoisotopic (exact) mass is 225 g/mol. The normalized spacial score (nSPS) is 10.4. The average Bonchev–Trinajstić information content (AvgIpc) is 2.27. The standard InChI is InChI=1S/C10H15N3O3/c1-3-4-5-13-9(15)7(6-11)8(14)12(2)10(13)16/h6,11,14H,3-5H2,1-2H3. The quantitative estimate of drug-likeness (QED) is 0.710. The number of aromatic hydroxyl groups is 1. The summed E-state index contributed by atoms with van der Waals surface area (Å²) in [6.07, 6.45) is 2.33. The summed E-state index contributed by atoms with van der Waals surface area (Å²) in [5.41, 5.74) is -1.32. The lowest BCUT2D eigenvalue weighted by Crippen LogP contribution is -2.40. The molecule has 0 aliphatic heterocycles. The molecule has 2 N–H and O–H groups in total. The summed E-state index contributed by atoms with van der Waals surface area (Å²) in [5, 5.41) is 16.6. The minimum absolute atomic E-state index is 0.154. The molecule has 0 amide bonds. The number of nitrogens with one attached hydrogen (secondary N) is 1. The maximum absolute atomic E-state index is 11.7. The van der Waals surface area contributed by atoms with E-state index in [-0.39, 0.29) is 5.56 Å². The molecule has 6 heteroatoms. The molecule has 6 nitrogen and oxygen atoms in total. The minimum Gasteiger partial charge on any atom is -0.494 e. The molecule has 1 rings (SSSR count). The maximum Gasteiger partial charge on any atom is 0.333 e. The van der Waals surface area contributed by atoms with E-state index in [1.54, 1.807) is 0 Å². The fourth-order valence-electron chi connectivity index (χ4n) is 1.42. The van der Waals surface area contributed by atoms with Gasteiger partial charge in [-0.15, -0.1) is 0 Å². The molecule has 0 atom stereocenters. The van der Waals surface area contributed by atoms with Crippen LogP contribution in [0.25, 0.3) is 0 Å². The summed E-state index contributed by atoms with van der Waals surface area (Å²) in [6, 6.07) is 0. The van der Waals surface area contributed by atoms with Crippen molar-refractivity contribution >= 4 is 6.21 Å². The number of hydrogen-bond donors (Lipinski definition) is 2. The van der Waals surface area contributed by atoms with Crippen LogP contribution in [0.15, 0.2) is 9.59 Å². The minimum atomic E-state index is -0.607. The summed E-state index contributed by atoms with van der Waals surface area (Å²) in [5.74, 6) is -0.460. The van der Waals surface area contributed by atoms with Gasteiger partial charge < -0.3 is 10.5 Å². The highest BCUT2D eigenvalue weighted by Crippen LogP contribution is 2.05. The zero-order valence-corrected chi connectivity index (χ0v) is 9.36. The van der Waals surface area contributed by atoms with Crippen molar-refractivity contribution in [1.29, 1.82) is 5.41 Å². The second-order valence-corrected chi connectivity index (χ2v) is 3.53. The second kappa shape index (κ2) is 4.78. The first-order valence-corrected chi connectivity index (χ1v) is 5.07. The molecular weight excluding hydrogens is 210 g/mol. The van der Waals surface area contributed by atoms with E-state index in [1.807, 2.05) is 6.92 Å². The molecule has 0 aliphatic carbocycles. The van der Waals surface area contributed by atoms with E-state index in [9.17, 15) is 14.7 Å². The van der Waals surface area contributed by atoms with Crippen LogP contribution in [0.5, 0.6) is 5.88 Å². The number of unbranched alkanes of at least 4 members (excludes halogenated alkanes) is 1. The fourth-order valence-corrected chi connectivity index (χ4v) is 1.42. The van der Waals surface area contributed by atoms with E-state index >= 15 is 0 Å². The number of aromatic nitrogens is 2. The van der Waals surface area contributed by atoms with Crippen LogP contribution >= 0.6 is 0 Å². The highest BCUT2D eigenvalue weighted by atomic mass is 16.3. The third-order valence-corrected chi connectivity index (χ3v) is 2.43. The molecule has 0 aromatic carbocycles. The predicted molar refractivity (Wildman–Crippen MR) is 60.4 cm³/mol. The number of hydrogen-bond acceptors (Lipinski definition) is 4. The van der Waals surface area contributed by atoms with E-state index in [2.05, 4.69) is 0 Å². The van der Waals surface area contributed by atoms with Gasteiger partial charge in [-0.1, -0.05) is 13.3 Å². The lowest BCUT2D eigenvalue weighted by atomic mass is 10.3. The van der Waals surface area contributed by atoms with Gasteiger partial charge in [-0.3, -0.25) is 13.9 Å². The van der Waals surface area contributed by atoms with Crippen LogP contribution in [0.4, 0.5) is 0 Å². The van der Waals surface area contributed by atoms with Gasteiger partial charge in [0.25, 0.3) is 5.56 Å². The van der Waals surface area contributed by atoms with Crippen LogP contribution in [0.3, 0.4) is 0 Å². The van der Waals surface area contributed by atoms with Crippen molar-refractivity contribution in [2.45, 2.75) is 26.3 Å². The van der Waals surface area contributed by atoms with E-state index < -0.39 is 17.1 Å². The molecule has 1 aromatic rings. The molecule has 0 saturated carbocycles. The van der Waals surface area contributed by atoms with Crippen molar-refractivity contribution < 1.29 is 5.11 Å². The zero-order chi connectivity index (χ0) is 12.3. The molecular formula is C10H15N3O3. The topological polar surface area (TPSA) is 88.1 Å². The van der Waals surface area contributed by atoms with E-state index in [4.69, 9.17) is 5.41 Å². The highest BCUT2D eigenvalue weighted by molar-refractivity contribution is 5.79. The Morgan fingerprint density at radius 3 is 2.56 bits per heavy atom. The highest BCUT2D eigenvalue weighted by Gasteiger charge is 2.14. The lowest BCUT2D eigenvalue weighted by molar-refractivity contribution is 0.404. The first kappa shape index (κ1) is 12.2. The summed E-state index contributed by atoms with van der Waals surface area (Å²) >= 11 is 0. The Bertz CT molecular complexity index is 513. The first-order chi connectivity index (χ1) is 7.54. The van der Waals surface area contributed by atoms with Crippen LogP contribution < -0.4 is 11.2 Å². The maximum atomic E-state index is 11.7. The first-order valence-electron chi connectivity index (χ1n) is 5.07. The van der Waals surface area contributed by atoms with Gasteiger partial charge in [0, 0.05) is 19.8 Å². The molecule has 0 bridgehead atoms. The molecule has 0 fully saturated rings. The van der Waals surface area contributed by atoms with Gasteiger partial charge in [-0.25, -0.2) is 4.79 Å². The van der Waals surface area contributed by atoms with E-state index in [1.165, 1.54) is 7.05 Å². The summed E-state index contributed by atoms with van der Waals surface area (Å²) < 4.78 is 2.01. The summed E-state index contributed by atoms with van der Waals surface area (Å²) in [6.45, 7) is 2.26. The van der Waals surface area contributed by atoms with Crippen molar-refractivity contribution in [2.24, 2.45) is 7.05 Å². The average molecular weight is 225 g/mol. The van der Waals surface area contributed by atoms with Gasteiger partial charge in [-0.2, -0.15) is 0 Å². The molecule has 0 aliphatic rings. The summed E-state index contributed by atoms with van der Waals surface area (Å²) in [4.78, 5) is 23.4. The molecule has 1 aromatic heterocycles. The molecule has 0 radical (unpaired) electrons. The Kier molecular flexibility index (Phi) is 3.65. The van der Waals surface area contributed by atoms with Crippen molar-refractivity contribution in [3.8, 4) is 5.88 Å². The van der Waals surface area contributed by atoms with Gasteiger partial charge in [-0.05, 0) is 6.42 Å². The van der Waals surface area contributed by atoms with Gasteiger partial charge >= 0.3 is 5.69 Å². The van der Waals surface area contributed by atoms with Gasteiger partial charge in [0.15, 0.2) is 0 Å². The van der Waals surface area contributed by atoms with E-state index in [0.717, 1.165) is 21.8 Å². The second-order valence-electron chi connectivity index (χ2n) is 3.53. The number of rotatable bonds is 4. The smallest absolute Gasteiger partial charge is 0.333 e. The van der Waals surface area contributed by atoms with Crippen molar-refractivity contribution in [3.05, 3.63) is 26.4 Å². The molecule has 16 heavy (non-hydrogen) atoms. The zero-order valence-electron chi connectivity index (χ0n) is 9.36. The van der Waals surface area contributed by atoms with Crippen LogP contribution in [0, 0.1) is 5.41 Å². The third kappa shape index (κ3) is 1.91. The molecule has 1 heterocycles. The Morgan fingerprint density at radius 1 is 1.44 bits per heavy atom. The Morgan fingerprint density at radius 2 is 2.06 bits per heavy atom. The van der Waals surface area contributed by atoms with Gasteiger partial charge in [0.05, 0.1) is 0 Å². The largest absolute Gasteiger partial charge is 0.494 e. The van der Waals surface area contributed by atoms with Gasteiger partial charge in [0.1, 0.15) is 5.56 Å². The van der Waals surface area contributed by atoms with Gasteiger partial charge in [0.2, 0.25) is 5.88 Å². The lowest BCUT2D eigenvalue weighted by Gasteiger charge is -2.09. The molecule has 0 spiro atoms. The predicted octanol–water partition coefficient (Wildman–Crippen LogP) is 0.0504. The Hall–Kier alpha value is -1.85. The van der Waals surface area contributed by atoms with Crippen LogP contribution in [-0.4, -0.2) is 20.5 Å². The molecule has 0 saturated heterocycles. The van der Waals surface area contributed by atoms with Crippen molar-refractivity contribution in [1.82, 2.24) is 9.13 Å². The van der Waals surface area contributed by atoms with Crippen LogP contribution in [0.1, 0.15) is 25.3 Å². The van der Waals surface area contributed by atoms with Crippen molar-refractivity contribution in [2.75, 3.05) is 0 Å². The Labute approximate surface area is 92.3 Å². The summed E-state index contributed by atoms with van der Waals surface area (Å²) in [7, 11) is 1.37. The SMILES string of the molecule is CCCCn1c(=O)c(C=N)c(O)n(C)c1=O. The van der Waals surface area contributed by atoms with E-state index in [0.29, 0.717) is 13.0 Å². The third-order valence-electron chi connectivity index (χ3n) is 2.43. The van der Waals surface area contributed by atoms with Crippen LogP contribution in [-0.2, 0) is 13.6 Å². The molecule has 88 valence electrons. The van der Waals surface area contributed by atoms with Crippen LogP contribution in [0.2, 0.25) is 0 Å². The molecule has 0 unspecified atom stereocenters. The Balaban J connectivity index is 3.50. The fraction of sp³-hybridized carbons (Fsp3) is 0.500.